The van der Waals surface area contributed by atoms with Crippen molar-refractivity contribution in [2.45, 2.75) is 25.2 Å². The van der Waals surface area contributed by atoms with Gasteiger partial charge in [-0.3, -0.25) is 4.90 Å². The number of carbonyl (C=O) groups is 1. The highest BCUT2D eigenvalue weighted by molar-refractivity contribution is 7.88. The normalized spacial score (nSPS) is 25.6. The number of alkyl halides is 3. The standard InChI is InChI=1S/C14H22N2O4S.C2HF3O2/c1-21(17,18)15-6-14-13-2-4-16(8-12(13)10-20-14)7-11-3-5-19-9-11;3-2(4,5)1(6)7/h3,5,9,12-15H,2,4,6-8,10H2,1H3;(H,6,7)/t12-,13-,14-;/m1./s1. The topological polar surface area (TPSA) is 109 Å². The Morgan fingerprint density at radius 3 is 2.64 bits per heavy atom. The molecule has 0 saturated carbocycles. The molecule has 0 amide bonds. The van der Waals surface area contributed by atoms with Gasteiger partial charge in [-0.2, -0.15) is 13.2 Å². The Kier molecular flexibility index (Phi) is 7.48. The molecule has 3 rings (SSSR count). The number of hydrogen-bond acceptors (Lipinski definition) is 6. The van der Waals surface area contributed by atoms with E-state index in [2.05, 4.69) is 9.62 Å². The van der Waals surface area contributed by atoms with Gasteiger partial charge >= 0.3 is 12.1 Å². The van der Waals surface area contributed by atoms with Crippen LogP contribution in [0.4, 0.5) is 13.2 Å². The molecule has 8 nitrogen and oxygen atoms in total. The van der Waals surface area contributed by atoms with Crippen LogP contribution in [-0.4, -0.2) is 69.2 Å². The van der Waals surface area contributed by atoms with Crippen molar-refractivity contribution in [3.63, 3.8) is 0 Å². The van der Waals surface area contributed by atoms with E-state index in [9.17, 15) is 21.6 Å². The van der Waals surface area contributed by atoms with Crippen molar-refractivity contribution < 1.29 is 40.6 Å². The van der Waals surface area contributed by atoms with E-state index in [1.807, 2.05) is 6.07 Å². The van der Waals surface area contributed by atoms with Crippen molar-refractivity contribution in [2.75, 3.05) is 32.5 Å². The molecule has 3 atom stereocenters. The second kappa shape index (κ2) is 9.25. The highest BCUT2D eigenvalue weighted by Crippen LogP contribution is 2.34. The van der Waals surface area contributed by atoms with E-state index in [0.29, 0.717) is 18.4 Å². The molecule has 0 spiro atoms. The highest BCUT2D eigenvalue weighted by Gasteiger charge is 2.41. The number of hydrogen-bond donors (Lipinski definition) is 2. The monoisotopic (exact) mass is 428 g/mol. The van der Waals surface area contributed by atoms with Crippen molar-refractivity contribution in [2.24, 2.45) is 11.8 Å². The lowest BCUT2D eigenvalue weighted by Crippen LogP contribution is -2.43. The Hall–Kier alpha value is -1.63. The number of carboxylic acid groups (broad SMARTS) is 1. The lowest BCUT2D eigenvalue weighted by atomic mass is 9.84. The van der Waals surface area contributed by atoms with Gasteiger partial charge in [0.25, 0.3) is 0 Å². The first-order chi connectivity index (χ1) is 13.0. The Balaban J connectivity index is 0.000000345. The predicted molar refractivity (Wildman–Crippen MR) is 91.9 cm³/mol. The molecule has 2 saturated heterocycles. The summed E-state index contributed by atoms with van der Waals surface area (Å²) in [6, 6.07) is 2.00. The van der Waals surface area contributed by atoms with Gasteiger partial charge in [0.05, 0.1) is 31.5 Å². The molecule has 0 radical (unpaired) electrons. The number of piperidine rings is 1. The number of ether oxygens (including phenoxy) is 1. The van der Waals surface area contributed by atoms with Crippen LogP contribution < -0.4 is 4.72 Å². The third kappa shape index (κ3) is 7.08. The van der Waals surface area contributed by atoms with Gasteiger partial charge in [0, 0.05) is 31.1 Å². The predicted octanol–water partition coefficient (Wildman–Crippen LogP) is 1.30. The van der Waals surface area contributed by atoms with Crippen LogP contribution in [0, 0.1) is 11.8 Å². The minimum absolute atomic E-state index is 0.0146. The first-order valence-electron chi connectivity index (χ1n) is 8.55. The van der Waals surface area contributed by atoms with Crippen LogP contribution in [0.25, 0.3) is 0 Å². The molecule has 28 heavy (non-hydrogen) atoms. The van der Waals surface area contributed by atoms with Crippen LogP contribution in [0.3, 0.4) is 0 Å². The van der Waals surface area contributed by atoms with E-state index in [0.717, 1.165) is 32.7 Å². The second-order valence-corrected chi connectivity index (χ2v) is 8.71. The number of fused-ring (bicyclic) bond motifs is 1. The summed E-state index contributed by atoms with van der Waals surface area (Å²) < 4.78 is 67.6. The average molecular weight is 428 g/mol. The molecule has 0 aromatic carbocycles. The first kappa shape index (κ1) is 22.7. The molecular formula is C16H23F3N2O6S. The minimum atomic E-state index is -5.08. The van der Waals surface area contributed by atoms with E-state index in [1.54, 1.807) is 12.5 Å². The molecular weight excluding hydrogens is 405 g/mol. The molecule has 160 valence electrons. The number of nitrogens with one attached hydrogen (secondary N) is 1. The molecule has 1 aromatic rings. The number of likely N-dealkylation sites (tertiary alicyclic amines) is 1. The summed E-state index contributed by atoms with van der Waals surface area (Å²) in [7, 11) is -3.15. The van der Waals surface area contributed by atoms with Gasteiger partial charge in [0.2, 0.25) is 10.0 Å². The Morgan fingerprint density at radius 2 is 2.11 bits per heavy atom. The summed E-state index contributed by atoms with van der Waals surface area (Å²) in [6.07, 6.45) is 0.663. The number of sulfonamides is 1. The average Bonchev–Trinajstić information content (AvgIpc) is 3.21. The summed E-state index contributed by atoms with van der Waals surface area (Å²) in [5, 5.41) is 7.12. The van der Waals surface area contributed by atoms with E-state index in [4.69, 9.17) is 19.1 Å². The van der Waals surface area contributed by atoms with Crippen LogP contribution >= 0.6 is 0 Å². The largest absolute Gasteiger partial charge is 0.490 e. The maximum Gasteiger partial charge on any atom is 0.490 e. The Bertz CT molecular complexity index is 738. The molecule has 2 N–H and O–H groups in total. The summed E-state index contributed by atoms with van der Waals surface area (Å²) in [4.78, 5) is 11.3. The van der Waals surface area contributed by atoms with E-state index in [1.165, 1.54) is 11.8 Å². The second-order valence-electron chi connectivity index (χ2n) is 6.87. The molecule has 1 aromatic heterocycles. The van der Waals surface area contributed by atoms with E-state index in [-0.39, 0.29) is 6.10 Å². The van der Waals surface area contributed by atoms with Gasteiger partial charge in [-0.1, -0.05) is 0 Å². The summed E-state index contributed by atoms with van der Waals surface area (Å²) >= 11 is 0. The number of rotatable bonds is 5. The number of aliphatic carboxylic acids is 1. The fraction of sp³-hybridized carbons (Fsp3) is 0.688. The first-order valence-corrected chi connectivity index (χ1v) is 10.4. The number of halogens is 3. The summed E-state index contributed by atoms with van der Waals surface area (Å²) in [5.41, 5.74) is 1.20. The van der Waals surface area contributed by atoms with E-state index >= 15 is 0 Å². The fourth-order valence-corrected chi connectivity index (χ4v) is 3.86. The van der Waals surface area contributed by atoms with Crippen LogP contribution in [0.2, 0.25) is 0 Å². The molecule has 3 heterocycles. The lowest BCUT2D eigenvalue weighted by molar-refractivity contribution is -0.192. The number of carboxylic acids is 1. The molecule has 0 aliphatic carbocycles. The van der Waals surface area contributed by atoms with Crippen LogP contribution in [0.1, 0.15) is 12.0 Å². The van der Waals surface area contributed by atoms with Gasteiger partial charge in [0.15, 0.2) is 0 Å². The van der Waals surface area contributed by atoms with Crippen molar-refractivity contribution in [1.29, 1.82) is 0 Å². The van der Waals surface area contributed by atoms with Crippen LogP contribution in [0.15, 0.2) is 23.0 Å². The van der Waals surface area contributed by atoms with Gasteiger partial charge in [0.1, 0.15) is 0 Å². The lowest BCUT2D eigenvalue weighted by Gasteiger charge is -2.35. The van der Waals surface area contributed by atoms with Crippen LogP contribution in [-0.2, 0) is 26.1 Å². The molecule has 0 unspecified atom stereocenters. The van der Waals surface area contributed by atoms with Crippen molar-refractivity contribution in [3.05, 3.63) is 24.2 Å². The van der Waals surface area contributed by atoms with Crippen LogP contribution in [0.5, 0.6) is 0 Å². The zero-order valence-electron chi connectivity index (χ0n) is 15.2. The van der Waals surface area contributed by atoms with E-state index < -0.39 is 22.2 Å². The smallest absolute Gasteiger partial charge is 0.475 e. The SMILES string of the molecule is CS(=O)(=O)NC[C@H]1OC[C@H]2CN(Cc3ccoc3)CC[C@H]21.O=C(O)C(F)(F)F. The van der Waals surface area contributed by atoms with Gasteiger partial charge in [-0.15, -0.1) is 0 Å². The molecule has 0 bridgehead atoms. The molecule has 2 aliphatic heterocycles. The minimum Gasteiger partial charge on any atom is -0.475 e. The van der Waals surface area contributed by atoms with Gasteiger partial charge < -0.3 is 14.3 Å². The number of nitrogens with zero attached hydrogens (tertiary/aromatic N) is 1. The fourth-order valence-electron chi connectivity index (χ4n) is 3.39. The van der Waals surface area contributed by atoms with Crippen molar-refractivity contribution in [3.8, 4) is 0 Å². The van der Waals surface area contributed by atoms with Crippen molar-refractivity contribution in [1.82, 2.24) is 9.62 Å². The molecule has 2 fully saturated rings. The Labute approximate surface area is 160 Å². The maximum absolute atomic E-state index is 11.2. The van der Waals surface area contributed by atoms with Crippen molar-refractivity contribution >= 4 is 16.0 Å². The third-order valence-electron chi connectivity index (χ3n) is 4.65. The maximum atomic E-state index is 11.2. The summed E-state index contributed by atoms with van der Waals surface area (Å²) in [5.74, 6) is -1.80. The summed E-state index contributed by atoms with van der Waals surface area (Å²) in [6.45, 7) is 4.05. The zero-order chi connectivity index (χ0) is 20.9. The quantitative estimate of drug-likeness (QED) is 0.728. The Morgan fingerprint density at radius 1 is 1.43 bits per heavy atom. The highest BCUT2D eigenvalue weighted by atomic mass is 32.2. The molecule has 12 heteroatoms. The number of furan rings is 1. The van der Waals surface area contributed by atoms with Gasteiger partial charge in [-0.05, 0) is 24.9 Å². The zero-order valence-corrected chi connectivity index (χ0v) is 16.0. The van der Waals surface area contributed by atoms with Gasteiger partial charge in [-0.25, -0.2) is 17.9 Å². The third-order valence-corrected chi connectivity index (χ3v) is 5.35. The molecule has 2 aliphatic rings.